The van der Waals surface area contributed by atoms with Crippen LogP contribution in [0.2, 0.25) is 10.0 Å². The first kappa shape index (κ1) is 12.0. The second-order valence-corrected chi connectivity index (χ2v) is 5.13. The van der Waals surface area contributed by atoms with E-state index < -0.39 is 0 Å². The molecule has 1 saturated carbocycles. The van der Waals surface area contributed by atoms with Gasteiger partial charge in [0, 0.05) is 6.04 Å². The fourth-order valence-corrected chi connectivity index (χ4v) is 2.30. The van der Waals surface area contributed by atoms with Gasteiger partial charge in [0.15, 0.2) is 0 Å². The Bertz CT molecular complexity index is 402. The molecule has 1 aromatic carbocycles. The lowest BCUT2D eigenvalue weighted by atomic mass is 9.90. The van der Waals surface area contributed by atoms with Crippen LogP contribution in [0.25, 0.3) is 6.08 Å². The molecule has 0 saturated heterocycles. The molecule has 0 unspecified atom stereocenters. The summed E-state index contributed by atoms with van der Waals surface area (Å²) in [5.41, 5.74) is 8.45. The fraction of sp³-hybridized carbons (Fsp3) is 0.385. The lowest BCUT2D eigenvalue weighted by Crippen LogP contribution is -2.23. The minimum Gasteiger partial charge on any atom is -0.328 e. The molecular formula is C13H15Cl2N. The summed E-state index contributed by atoms with van der Waals surface area (Å²) < 4.78 is 0. The van der Waals surface area contributed by atoms with Crippen molar-refractivity contribution in [1.82, 2.24) is 0 Å². The van der Waals surface area contributed by atoms with Gasteiger partial charge < -0.3 is 5.73 Å². The second-order valence-electron chi connectivity index (χ2n) is 4.31. The van der Waals surface area contributed by atoms with Gasteiger partial charge in [-0.1, -0.05) is 40.9 Å². The van der Waals surface area contributed by atoms with Crippen molar-refractivity contribution in [2.45, 2.75) is 31.7 Å². The third kappa shape index (κ3) is 3.00. The van der Waals surface area contributed by atoms with Gasteiger partial charge in [-0.3, -0.25) is 0 Å². The van der Waals surface area contributed by atoms with Crippen molar-refractivity contribution < 1.29 is 0 Å². The van der Waals surface area contributed by atoms with Gasteiger partial charge in [-0.2, -0.15) is 0 Å². The average molecular weight is 256 g/mol. The molecule has 3 heteroatoms. The summed E-state index contributed by atoms with van der Waals surface area (Å²) in [7, 11) is 0. The Morgan fingerprint density at radius 3 is 2.44 bits per heavy atom. The molecular weight excluding hydrogens is 241 g/mol. The molecule has 2 rings (SSSR count). The maximum Gasteiger partial charge on any atom is 0.0598 e. The smallest absolute Gasteiger partial charge is 0.0598 e. The van der Waals surface area contributed by atoms with Gasteiger partial charge in [-0.25, -0.2) is 0 Å². The molecule has 0 bridgehead atoms. The van der Waals surface area contributed by atoms with Crippen LogP contribution in [0.5, 0.6) is 0 Å². The Balaban J connectivity index is 2.13. The largest absolute Gasteiger partial charge is 0.328 e. The van der Waals surface area contributed by atoms with Crippen LogP contribution in [0.1, 0.15) is 31.2 Å². The van der Waals surface area contributed by atoms with Crippen LogP contribution < -0.4 is 5.73 Å². The van der Waals surface area contributed by atoms with E-state index in [0.29, 0.717) is 16.1 Å². The summed E-state index contributed by atoms with van der Waals surface area (Å²) in [5, 5.41) is 1.22. The first-order valence-corrected chi connectivity index (χ1v) is 6.31. The number of benzene rings is 1. The molecule has 86 valence electrons. The van der Waals surface area contributed by atoms with E-state index in [2.05, 4.69) is 6.08 Å². The van der Waals surface area contributed by atoms with Gasteiger partial charge in [0.2, 0.25) is 0 Å². The number of hydrogen-bond acceptors (Lipinski definition) is 1. The normalized spacial score (nSPS) is 20.9. The van der Waals surface area contributed by atoms with Crippen LogP contribution in [-0.2, 0) is 0 Å². The van der Waals surface area contributed by atoms with E-state index >= 15 is 0 Å². The maximum atomic E-state index is 5.97. The number of rotatable bonds is 1. The molecule has 1 aliphatic rings. The summed E-state index contributed by atoms with van der Waals surface area (Å²) >= 11 is 11.8. The monoisotopic (exact) mass is 255 g/mol. The van der Waals surface area contributed by atoms with E-state index in [1.807, 2.05) is 18.2 Å². The Labute approximate surface area is 106 Å². The van der Waals surface area contributed by atoms with Crippen molar-refractivity contribution >= 4 is 29.3 Å². The minimum absolute atomic E-state index is 0.381. The van der Waals surface area contributed by atoms with Crippen LogP contribution in [0.15, 0.2) is 23.8 Å². The van der Waals surface area contributed by atoms with E-state index in [4.69, 9.17) is 28.9 Å². The number of halogens is 2. The summed E-state index contributed by atoms with van der Waals surface area (Å²) in [4.78, 5) is 0. The van der Waals surface area contributed by atoms with Crippen molar-refractivity contribution in [3.05, 3.63) is 39.4 Å². The zero-order valence-corrected chi connectivity index (χ0v) is 10.6. The highest BCUT2D eigenvalue weighted by Crippen LogP contribution is 2.27. The third-order valence-electron chi connectivity index (χ3n) is 2.99. The molecule has 16 heavy (non-hydrogen) atoms. The van der Waals surface area contributed by atoms with Gasteiger partial charge in [0.1, 0.15) is 0 Å². The maximum absolute atomic E-state index is 5.97. The van der Waals surface area contributed by atoms with Gasteiger partial charge in [0.25, 0.3) is 0 Å². The fourth-order valence-electron chi connectivity index (χ4n) is 1.99. The van der Waals surface area contributed by atoms with Gasteiger partial charge in [-0.15, -0.1) is 0 Å². The molecule has 1 aliphatic carbocycles. The summed E-state index contributed by atoms with van der Waals surface area (Å²) in [6.07, 6.45) is 6.58. The van der Waals surface area contributed by atoms with E-state index in [1.54, 1.807) is 0 Å². The Morgan fingerprint density at radius 1 is 1.12 bits per heavy atom. The van der Waals surface area contributed by atoms with Gasteiger partial charge in [-0.05, 0) is 43.4 Å². The van der Waals surface area contributed by atoms with Gasteiger partial charge in [0.05, 0.1) is 10.0 Å². The second kappa shape index (κ2) is 5.22. The lowest BCUT2D eigenvalue weighted by Gasteiger charge is -2.20. The molecule has 0 aromatic heterocycles. The molecule has 0 heterocycles. The van der Waals surface area contributed by atoms with Gasteiger partial charge >= 0.3 is 0 Å². The first-order chi connectivity index (χ1) is 7.65. The van der Waals surface area contributed by atoms with Crippen molar-refractivity contribution in [2.75, 3.05) is 0 Å². The predicted octanol–water partition coefficient (Wildman–Crippen LogP) is 4.28. The quantitative estimate of drug-likeness (QED) is 0.797. The zero-order chi connectivity index (χ0) is 11.5. The van der Waals surface area contributed by atoms with Crippen molar-refractivity contribution in [3.63, 3.8) is 0 Å². The molecule has 1 fully saturated rings. The molecule has 0 aliphatic heterocycles. The number of allylic oxidation sites excluding steroid dienone is 1. The summed E-state index contributed by atoms with van der Waals surface area (Å²) in [6.45, 7) is 0. The SMILES string of the molecule is NC1CCC(=Cc2ccc(Cl)c(Cl)c2)CC1. The molecule has 0 spiro atoms. The van der Waals surface area contributed by atoms with E-state index in [1.165, 1.54) is 5.57 Å². The Hall–Kier alpha value is -0.500. The highest BCUT2D eigenvalue weighted by molar-refractivity contribution is 6.42. The van der Waals surface area contributed by atoms with E-state index in [9.17, 15) is 0 Å². The molecule has 0 radical (unpaired) electrons. The molecule has 1 aromatic rings. The van der Waals surface area contributed by atoms with Crippen molar-refractivity contribution in [2.24, 2.45) is 5.73 Å². The van der Waals surface area contributed by atoms with Crippen LogP contribution >= 0.6 is 23.2 Å². The van der Waals surface area contributed by atoms with E-state index in [0.717, 1.165) is 31.2 Å². The van der Waals surface area contributed by atoms with Crippen LogP contribution in [0, 0.1) is 0 Å². The molecule has 2 N–H and O–H groups in total. The number of hydrogen-bond donors (Lipinski definition) is 1. The molecule has 0 atom stereocenters. The van der Waals surface area contributed by atoms with Crippen LogP contribution in [-0.4, -0.2) is 6.04 Å². The van der Waals surface area contributed by atoms with Crippen molar-refractivity contribution in [1.29, 1.82) is 0 Å². The number of nitrogens with two attached hydrogens (primary N) is 1. The van der Waals surface area contributed by atoms with Crippen LogP contribution in [0.4, 0.5) is 0 Å². The van der Waals surface area contributed by atoms with Crippen LogP contribution in [0.3, 0.4) is 0 Å². The third-order valence-corrected chi connectivity index (χ3v) is 3.73. The minimum atomic E-state index is 0.381. The first-order valence-electron chi connectivity index (χ1n) is 5.55. The molecule has 1 nitrogen and oxygen atoms in total. The average Bonchev–Trinajstić information content (AvgIpc) is 2.27. The van der Waals surface area contributed by atoms with E-state index in [-0.39, 0.29) is 0 Å². The Kier molecular flexibility index (Phi) is 3.91. The predicted molar refractivity (Wildman–Crippen MR) is 70.9 cm³/mol. The van der Waals surface area contributed by atoms with Crippen molar-refractivity contribution in [3.8, 4) is 0 Å². The standard InChI is InChI=1S/C13H15Cl2N/c14-12-6-3-10(8-13(12)15)7-9-1-4-11(16)5-2-9/h3,6-8,11H,1-2,4-5,16H2. The highest BCUT2D eigenvalue weighted by Gasteiger charge is 2.12. The molecule has 0 amide bonds. The highest BCUT2D eigenvalue weighted by atomic mass is 35.5. The lowest BCUT2D eigenvalue weighted by molar-refractivity contribution is 0.514. The Morgan fingerprint density at radius 2 is 1.81 bits per heavy atom. The zero-order valence-electron chi connectivity index (χ0n) is 9.05. The topological polar surface area (TPSA) is 26.0 Å². The summed E-state index contributed by atoms with van der Waals surface area (Å²) in [5.74, 6) is 0. The summed E-state index contributed by atoms with van der Waals surface area (Å²) in [6, 6.07) is 6.12.